The minimum absolute atomic E-state index is 0.220. The second-order valence-corrected chi connectivity index (χ2v) is 11.0. The zero-order valence-corrected chi connectivity index (χ0v) is 20.2. The summed E-state index contributed by atoms with van der Waals surface area (Å²) in [4.78, 5) is 0. The maximum absolute atomic E-state index is 6.51. The van der Waals surface area contributed by atoms with Crippen molar-refractivity contribution in [1.82, 2.24) is 0 Å². The van der Waals surface area contributed by atoms with E-state index in [4.69, 9.17) is 22.8 Å². The first-order valence-corrected chi connectivity index (χ1v) is 13.5. The second-order valence-electron chi connectivity index (χ2n) is 8.10. The maximum Gasteiger partial charge on any atom is 0.500 e. The smallest absolute Gasteiger partial charge is 0.379 e. The van der Waals surface area contributed by atoms with Gasteiger partial charge in [-0.1, -0.05) is 52.9 Å². The number of hydrogen-bond acceptors (Lipinski definition) is 5. The van der Waals surface area contributed by atoms with Crippen LogP contribution in [0.4, 0.5) is 0 Å². The molecule has 0 bridgehead atoms. The van der Waals surface area contributed by atoms with Gasteiger partial charge in [-0.3, -0.25) is 0 Å². The van der Waals surface area contributed by atoms with Gasteiger partial charge in [0.1, 0.15) is 6.10 Å². The van der Waals surface area contributed by atoms with E-state index in [2.05, 4.69) is 20.8 Å². The Labute approximate surface area is 175 Å². The predicted octanol–water partition coefficient (Wildman–Crippen LogP) is 5.60. The molecule has 1 rings (SSSR count). The van der Waals surface area contributed by atoms with Crippen LogP contribution in [0, 0.1) is 5.92 Å². The molecule has 0 spiro atoms. The standard InChI is InChI=1S/C22H46O5Si/c1-6-9-10-11-17-28(23-4,24-5)27-21(8-3)14-13-20(12-7-2)15-16-25-18-22-19-26-22/h20-22H,6-19H2,1-5H3. The van der Waals surface area contributed by atoms with Crippen molar-refractivity contribution in [2.45, 2.75) is 103 Å². The van der Waals surface area contributed by atoms with Crippen molar-refractivity contribution in [3.63, 3.8) is 0 Å². The van der Waals surface area contributed by atoms with E-state index in [0.29, 0.717) is 12.0 Å². The van der Waals surface area contributed by atoms with Gasteiger partial charge in [0, 0.05) is 33.0 Å². The summed E-state index contributed by atoms with van der Waals surface area (Å²) in [5.74, 6) is 0.702. The van der Waals surface area contributed by atoms with Crippen LogP contribution in [-0.2, 0) is 22.8 Å². The summed E-state index contributed by atoms with van der Waals surface area (Å²) >= 11 is 0. The van der Waals surface area contributed by atoms with Crippen LogP contribution in [0.5, 0.6) is 0 Å². The molecular weight excluding hydrogens is 372 g/mol. The van der Waals surface area contributed by atoms with Gasteiger partial charge in [0.2, 0.25) is 0 Å². The highest BCUT2D eigenvalue weighted by atomic mass is 28.4. The van der Waals surface area contributed by atoms with E-state index in [-0.39, 0.29) is 6.10 Å². The van der Waals surface area contributed by atoms with Gasteiger partial charge >= 0.3 is 8.80 Å². The van der Waals surface area contributed by atoms with Crippen molar-refractivity contribution >= 4 is 8.80 Å². The largest absolute Gasteiger partial charge is 0.500 e. The van der Waals surface area contributed by atoms with Crippen LogP contribution in [0.1, 0.15) is 85.0 Å². The number of ether oxygens (including phenoxy) is 2. The molecule has 0 amide bonds. The van der Waals surface area contributed by atoms with Crippen molar-refractivity contribution in [2.75, 3.05) is 34.0 Å². The van der Waals surface area contributed by atoms with Crippen LogP contribution in [-0.4, -0.2) is 55.1 Å². The van der Waals surface area contributed by atoms with Crippen LogP contribution in [0.2, 0.25) is 6.04 Å². The molecule has 1 saturated heterocycles. The molecule has 0 radical (unpaired) electrons. The van der Waals surface area contributed by atoms with Gasteiger partial charge in [0.05, 0.1) is 13.2 Å². The Bertz CT molecular complexity index is 361. The zero-order valence-electron chi connectivity index (χ0n) is 19.2. The Kier molecular flexibility index (Phi) is 14.7. The Morgan fingerprint density at radius 1 is 0.929 bits per heavy atom. The predicted molar refractivity (Wildman–Crippen MR) is 117 cm³/mol. The molecule has 0 aromatic rings. The molecule has 0 saturated carbocycles. The first kappa shape index (κ1) is 26.1. The Morgan fingerprint density at radius 2 is 1.68 bits per heavy atom. The fourth-order valence-electron chi connectivity index (χ4n) is 3.70. The fourth-order valence-corrected chi connectivity index (χ4v) is 6.06. The first-order valence-electron chi connectivity index (χ1n) is 11.6. The summed E-state index contributed by atoms with van der Waals surface area (Å²) in [7, 11) is 0.963. The highest BCUT2D eigenvalue weighted by Gasteiger charge is 2.40. The SMILES string of the molecule is CCCCCC[Si](OC)(OC)OC(CC)CCC(CCC)CCOCC1CO1. The molecule has 6 heteroatoms. The molecular formula is C22H46O5Si. The molecule has 5 nitrogen and oxygen atoms in total. The summed E-state index contributed by atoms with van der Waals surface area (Å²) in [5, 5.41) is 0. The maximum atomic E-state index is 6.51. The molecule has 0 aromatic heterocycles. The molecule has 0 N–H and O–H groups in total. The van der Waals surface area contributed by atoms with E-state index in [1.54, 1.807) is 14.2 Å². The first-order chi connectivity index (χ1) is 13.6. The van der Waals surface area contributed by atoms with E-state index >= 15 is 0 Å². The van der Waals surface area contributed by atoms with Crippen LogP contribution in [0.15, 0.2) is 0 Å². The van der Waals surface area contributed by atoms with E-state index in [0.717, 1.165) is 51.5 Å². The van der Waals surface area contributed by atoms with Crippen molar-refractivity contribution < 1.29 is 22.8 Å². The normalized spacial score (nSPS) is 19.0. The topological polar surface area (TPSA) is 49.5 Å². The third kappa shape index (κ3) is 11.3. The molecule has 1 aliphatic heterocycles. The summed E-state index contributed by atoms with van der Waals surface area (Å²) in [5.41, 5.74) is 0. The van der Waals surface area contributed by atoms with Gasteiger partial charge in [-0.2, -0.15) is 0 Å². The van der Waals surface area contributed by atoms with E-state index in [1.807, 2.05) is 0 Å². The molecule has 1 aliphatic rings. The summed E-state index contributed by atoms with van der Waals surface area (Å²) in [6, 6.07) is 0.923. The molecule has 0 aromatic carbocycles. The van der Waals surface area contributed by atoms with Gasteiger partial charge in [0.15, 0.2) is 0 Å². The number of rotatable bonds is 20. The van der Waals surface area contributed by atoms with Crippen molar-refractivity contribution in [3.05, 3.63) is 0 Å². The molecule has 0 aliphatic carbocycles. The molecule has 168 valence electrons. The second kappa shape index (κ2) is 15.8. The third-order valence-electron chi connectivity index (χ3n) is 5.73. The highest BCUT2D eigenvalue weighted by Crippen LogP contribution is 2.26. The van der Waals surface area contributed by atoms with Crippen LogP contribution in [0.3, 0.4) is 0 Å². The molecule has 1 fully saturated rings. The van der Waals surface area contributed by atoms with Gasteiger partial charge in [-0.15, -0.1) is 0 Å². The minimum atomic E-state index is -2.54. The Hall–Kier alpha value is 0.0169. The molecule has 1 heterocycles. The quantitative estimate of drug-likeness (QED) is 0.146. The van der Waals surface area contributed by atoms with Gasteiger partial charge in [-0.25, -0.2) is 0 Å². The molecule has 28 heavy (non-hydrogen) atoms. The van der Waals surface area contributed by atoms with Crippen LogP contribution < -0.4 is 0 Å². The number of epoxide rings is 1. The van der Waals surface area contributed by atoms with Crippen LogP contribution in [0.25, 0.3) is 0 Å². The lowest BCUT2D eigenvalue weighted by Gasteiger charge is -2.31. The van der Waals surface area contributed by atoms with Crippen molar-refractivity contribution in [1.29, 1.82) is 0 Å². The summed E-state index contributed by atoms with van der Waals surface area (Å²) in [6.45, 7) is 9.18. The lowest BCUT2D eigenvalue weighted by molar-refractivity contribution is 0.0438. The van der Waals surface area contributed by atoms with Gasteiger partial charge in [0.25, 0.3) is 0 Å². The zero-order chi connectivity index (χ0) is 20.7. The number of hydrogen-bond donors (Lipinski definition) is 0. The van der Waals surface area contributed by atoms with E-state index in [1.165, 1.54) is 38.5 Å². The Balaban J connectivity index is 2.41. The summed E-state index contributed by atoms with van der Waals surface area (Å²) < 4.78 is 29.1. The fraction of sp³-hybridized carbons (Fsp3) is 1.00. The van der Waals surface area contributed by atoms with E-state index < -0.39 is 8.80 Å². The van der Waals surface area contributed by atoms with E-state index in [9.17, 15) is 0 Å². The van der Waals surface area contributed by atoms with Crippen molar-refractivity contribution in [3.8, 4) is 0 Å². The minimum Gasteiger partial charge on any atom is -0.379 e. The average molecular weight is 419 g/mol. The number of unbranched alkanes of at least 4 members (excludes halogenated alkanes) is 3. The average Bonchev–Trinajstić information content (AvgIpc) is 3.54. The van der Waals surface area contributed by atoms with Crippen LogP contribution >= 0.6 is 0 Å². The molecule has 3 unspecified atom stereocenters. The Morgan fingerprint density at radius 3 is 2.25 bits per heavy atom. The monoisotopic (exact) mass is 418 g/mol. The highest BCUT2D eigenvalue weighted by molar-refractivity contribution is 6.60. The van der Waals surface area contributed by atoms with Gasteiger partial charge < -0.3 is 22.8 Å². The van der Waals surface area contributed by atoms with Gasteiger partial charge in [-0.05, 0) is 38.0 Å². The molecule has 3 atom stereocenters. The third-order valence-corrected chi connectivity index (χ3v) is 8.63. The lowest BCUT2D eigenvalue weighted by Crippen LogP contribution is -2.46. The summed E-state index contributed by atoms with van der Waals surface area (Å²) in [6.07, 6.45) is 12.3. The van der Waals surface area contributed by atoms with Crippen molar-refractivity contribution in [2.24, 2.45) is 5.92 Å². The lowest BCUT2D eigenvalue weighted by atomic mass is 9.93.